The van der Waals surface area contributed by atoms with Crippen LogP contribution in [0.1, 0.15) is 19.3 Å². The van der Waals surface area contributed by atoms with Crippen molar-refractivity contribution < 1.29 is 4.79 Å². The van der Waals surface area contributed by atoms with Crippen LogP contribution in [0.3, 0.4) is 0 Å². The molecule has 0 bridgehead atoms. The molecule has 0 saturated heterocycles. The standard InChI is InChI=1S/C12H16ClN3O/c13-8-4-6-9(7-5-8)15-12(17)16-11-3-1-2-10(11)14/h4-7,10-11H,1-3,14H2,(H2,15,16,17). The van der Waals surface area contributed by atoms with Gasteiger partial charge >= 0.3 is 6.03 Å². The molecule has 0 radical (unpaired) electrons. The highest BCUT2D eigenvalue weighted by Crippen LogP contribution is 2.17. The van der Waals surface area contributed by atoms with Crippen LogP contribution in [0.25, 0.3) is 0 Å². The first-order valence-electron chi connectivity index (χ1n) is 5.74. The average molecular weight is 254 g/mol. The first kappa shape index (κ1) is 12.2. The number of urea groups is 1. The first-order valence-corrected chi connectivity index (χ1v) is 6.11. The van der Waals surface area contributed by atoms with Gasteiger partial charge in [0.25, 0.3) is 0 Å². The normalized spacial score (nSPS) is 23.4. The highest BCUT2D eigenvalue weighted by atomic mass is 35.5. The largest absolute Gasteiger partial charge is 0.334 e. The van der Waals surface area contributed by atoms with E-state index < -0.39 is 0 Å². The van der Waals surface area contributed by atoms with Gasteiger partial charge in [-0.25, -0.2) is 4.79 Å². The molecule has 4 nitrogen and oxygen atoms in total. The molecule has 0 aliphatic heterocycles. The van der Waals surface area contributed by atoms with E-state index in [1.54, 1.807) is 24.3 Å². The topological polar surface area (TPSA) is 67.1 Å². The van der Waals surface area contributed by atoms with Crippen LogP contribution in [0.4, 0.5) is 10.5 Å². The third-order valence-corrected chi connectivity index (χ3v) is 3.24. The molecule has 1 aromatic carbocycles. The smallest absolute Gasteiger partial charge is 0.319 e. The summed E-state index contributed by atoms with van der Waals surface area (Å²) in [6.07, 6.45) is 3.01. The maximum Gasteiger partial charge on any atom is 0.319 e. The van der Waals surface area contributed by atoms with Crippen molar-refractivity contribution in [2.45, 2.75) is 31.3 Å². The van der Waals surface area contributed by atoms with Gasteiger partial charge in [0.05, 0.1) is 0 Å². The fraction of sp³-hybridized carbons (Fsp3) is 0.417. The molecule has 2 unspecified atom stereocenters. The van der Waals surface area contributed by atoms with E-state index in [2.05, 4.69) is 10.6 Å². The molecule has 4 N–H and O–H groups in total. The van der Waals surface area contributed by atoms with Gasteiger partial charge in [0.15, 0.2) is 0 Å². The summed E-state index contributed by atoms with van der Waals surface area (Å²) in [6, 6.07) is 6.94. The number of halogens is 1. The van der Waals surface area contributed by atoms with Crippen LogP contribution in [0.15, 0.2) is 24.3 Å². The van der Waals surface area contributed by atoms with E-state index in [1.807, 2.05) is 0 Å². The second-order valence-corrected chi connectivity index (χ2v) is 4.74. The van der Waals surface area contributed by atoms with E-state index in [4.69, 9.17) is 17.3 Å². The molecular weight excluding hydrogens is 238 g/mol. The van der Waals surface area contributed by atoms with E-state index in [-0.39, 0.29) is 18.1 Å². The van der Waals surface area contributed by atoms with Crippen molar-refractivity contribution in [2.24, 2.45) is 5.73 Å². The Bertz CT molecular complexity index is 393. The summed E-state index contributed by atoms with van der Waals surface area (Å²) in [7, 11) is 0. The lowest BCUT2D eigenvalue weighted by Crippen LogP contribution is -2.45. The minimum Gasteiger partial charge on any atom is -0.334 e. The number of anilines is 1. The second kappa shape index (κ2) is 5.38. The summed E-state index contributed by atoms with van der Waals surface area (Å²) in [5, 5.41) is 6.28. The molecule has 5 heteroatoms. The predicted octanol–water partition coefficient (Wildman–Crippen LogP) is 2.34. The monoisotopic (exact) mass is 253 g/mol. The minimum atomic E-state index is -0.213. The van der Waals surface area contributed by atoms with Gasteiger partial charge in [-0.05, 0) is 43.5 Å². The molecule has 1 aromatic rings. The zero-order valence-electron chi connectivity index (χ0n) is 9.45. The number of nitrogens with two attached hydrogens (primary N) is 1. The Morgan fingerprint density at radius 3 is 2.59 bits per heavy atom. The van der Waals surface area contributed by atoms with E-state index in [1.165, 1.54) is 0 Å². The van der Waals surface area contributed by atoms with Gasteiger partial charge in [-0.15, -0.1) is 0 Å². The fourth-order valence-electron chi connectivity index (χ4n) is 2.04. The summed E-state index contributed by atoms with van der Waals surface area (Å²) in [5.41, 5.74) is 6.60. The third kappa shape index (κ3) is 3.35. The summed E-state index contributed by atoms with van der Waals surface area (Å²) in [4.78, 5) is 11.7. The lowest BCUT2D eigenvalue weighted by Gasteiger charge is -2.17. The van der Waals surface area contributed by atoms with Crippen molar-refractivity contribution >= 4 is 23.3 Å². The predicted molar refractivity (Wildman–Crippen MR) is 69.2 cm³/mol. The van der Waals surface area contributed by atoms with Crippen molar-refractivity contribution in [1.82, 2.24) is 5.32 Å². The fourth-order valence-corrected chi connectivity index (χ4v) is 2.16. The van der Waals surface area contributed by atoms with Crippen LogP contribution in [0.2, 0.25) is 5.02 Å². The Labute approximate surface area is 106 Å². The van der Waals surface area contributed by atoms with Gasteiger partial charge in [-0.2, -0.15) is 0 Å². The van der Waals surface area contributed by atoms with E-state index in [9.17, 15) is 4.79 Å². The van der Waals surface area contributed by atoms with Crippen molar-refractivity contribution in [1.29, 1.82) is 0 Å². The summed E-state index contributed by atoms with van der Waals surface area (Å²) in [6.45, 7) is 0. The molecule has 1 saturated carbocycles. The van der Waals surface area contributed by atoms with Crippen LogP contribution in [0, 0.1) is 0 Å². The SMILES string of the molecule is NC1CCCC1NC(=O)Nc1ccc(Cl)cc1. The Hall–Kier alpha value is -1.26. The number of rotatable bonds is 2. The number of carbonyl (C=O) groups is 1. The molecule has 92 valence electrons. The van der Waals surface area contributed by atoms with Gasteiger partial charge in [0, 0.05) is 22.8 Å². The molecule has 0 aromatic heterocycles. The van der Waals surface area contributed by atoms with Crippen molar-refractivity contribution in [3.05, 3.63) is 29.3 Å². The molecule has 0 spiro atoms. The lowest BCUT2D eigenvalue weighted by atomic mass is 10.2. The summed E-state index contributed by atoms with van der Waals surface area (Å²) < 4.78 is 0. The molecule has 1 aliphatic rings. The van der Waals surface area contributed by atoms with E-state index in [0.29, 0.717) is 5.02 Å². The van der Waals surface area contributed by atoms with Crippen LogP contribution < -0.4 is 16.4 Å². The van der Waals surface area contributed by atoms with E-state index in [0.717, 1.165) is 24.9 Å². The Morgan fingerprint density at radius 1 is 1.29 bits per heavy atom. The van der Waals surface area contributed by atoms with Crippen molar-refractivity contribution in [3.8, 4) is 0 Å². The number of amides is 2. The molecule has 0 heterocycles. The van der Waals surface area contributed by atoms with Crippen LogP contribution >= 0.6 is 11.6 Å². The molecule has 2 rings (SSSR count). The molecule has 17 heavy (non-hydrogen) atoms. The van der Waals surface area contributed by atoms with Crippen LogP contribution in [-0.4, -0.2) is 18.1 Å². The first-order chi connectivity index (χ1) is 8.15. The second-order valence-electron chi connectivity index (χ2n) is 4.31. The van der Waals surface area contributed by atoms with Crippen molar-refractivity contribution in [3.63, 3.8) is 0 Å². The lowest BCUT2D eigenvalue weighted by molar-refractivity contribution is 0.247. The zero-order chi connectivity index (χ0) is 12.3. The average Bonchev–Trinajstić information content (AvgIpc) is 2.68. The number of hydrogen-bond donors (Lipinski definition) is 3. The quantitative estimate of drug-likeness (QED) is 0.757. The van der Waals surface area contributed by atoms with Gasteiger partial charge in [0.2, 0.25) is 0 Å². The zero-order valence-corrected chi connectivity index (χ0v) is 10.2. The maximum atomic E-state index is 11.7. The highest BCUT2D eigenvalue weighted by Gasteiger charge is 2.25. The Morgan fingerprint density at radius 2 is 2.00 bits per heavy atom. The number of hydrogen-bond acceptors (Lipinski definition) is 2. The Balaban J connectivity index is 1.86. The number of nitrogens with one attached hydrogen (secondary N) is 2. The van der Waals surface area contributed by atoms with Crippen LogP contribution in [0.5, 0.6) is 0 Å². The molecule has 1 aliphatic carbocycles. The molecule has 1 fully saturated rings. The molecule has 2 atom stereocenters. The van der Waals surface area contributed by atoms with Gasteiger partial charge in [-0.3, -0.25) is 0 Å². The minimum absolute atomic E-state index is 0.0750. The van der Waals surface area contributed by atoms with Crippen LogP contribution in [-0.2, 0) is 0 Å². The van der Waals surface area contributed by atoms with Gasteiger partial charge in [-0.1, -0.05) is 11.6 Å². The Kier molecular flexibility index (Phi) is 3.86. The molecule has 2 amide bonds. The van der Waals surface area contributed by atoms with Crippen molar-refractivity contribution in [2.75, 3.05) is 5.32 Å². The maximum absolute atomic E-state index is 11.7. The number of benzene rings is 1. The summed E-state index contributed by atoms with van der Waals surface area (Å²) in [5.74, 6) is 0. The van der Waals surface area contributed by atoms with E-state index >= 15 is 0 Å². The third-order valence-electron chi connectivity index (χ3n) is 2.99. The summed E-state index contributed by atoms with van der Waals surface area (Å²) >= 11 is 5.76. The molecular formula is C12H16ClN3O. The number of carbonyl (C=O) groups excluding carboxylic acids is 1. The van der Waals surface area contributed by atoms with Gasteiger partial charge < -0.3 is 16.4 Å². The highest BCUT2D eigenvalue weighted by molar-refractivity contribution is 6.30. The van der Waals surface area contributed by atoms with Gasteiger partial charge in [0.1, 0.15) is 0 Å².